The predicted molar refractivity (Wildman–Crippen MR) is 85.7 cm³/mol. The van der Waals surface area contributed by atoms with Crippen LogP contribution in [-0.2, 0) is 0 Å². The van der Waals surface area contributed by atoms with Gasteiger partial charge < -0.3 is 5.32 Å². The summed E-state index contributed by atoms with van der Waals surface area (Å²) in [5.41, 5.74) is 0. The Morgan fingerprint density at radius 3 is 2.37 bits per heavy atom. The molecule has 0 amide bonds. The first-order valence-corrected chi connectivity index (χ1v) is 8.64. The number of nitrogens with one attached hydrogen (secondary N) is 1. The van der Waals surface area contributed by atoms with Crippen LogP contribution in [0.4, 0.5) is 0 Å². The molecule has 114 valence electrons. The third-order valence-corrected chi connectivity index (χ3v) is 5.03. The topological polar surface area (TPSA) is 15.3 Å². The summed E-state index contributed by atoms with van der Waals surface area (Å²) in [5, 5.41) is 3.62. The molecule has 2 nitrogen and oxygen atoms in total. The molecule has 0 spiro atoms. The Morgan fingerprint density at radius 2 is 1.84 bits per heavy atom. The van der Waals surface area contributed by atoms with Crippen LogP contribution >= 0.6 is 0 Å². The zero-order chi connectivity index (χ0) is 14.1. The SMILES string of the molecule is CCCCN(CC(NC)C1CCCCC1)C(C)CC. The molecule has 1 aliphatic rings. The van der Waals surface area contributed by atoms with Crippen LogP contribution in [-0.4, -0.2) is 37.1 Å². The van der Waals surface area contributed by atoms with Gasteiger partial charge in [-0.25, -0.2) is 0 Å². The normalized spacial score (nSPS) is 20.7. The van der Waals surface area contributed by atoms with Gasteiger partial charge in [0.05, 0.1) is 0 Å². The highest BCUT2D eigenvalue weighted by molar-refractivity contribution is 4.82. The lowest BCUT2D eigenvalue weighted by Crippen LogP contribution is -2.47. The van der Waals surface area contributed by atoms with Crippen molar-refractivity contribution in [3.63, 3.8) is 0 Å². The lowest BCUT2D eigenvalue weighted by Gasteiger charge is -2.37. The number of hydrogen-bond acceptors (Lipinski definition) is 2. The lowest BCUT2D eigenvalue weighted by molar-refractivity contribution is 0.148. The molecule has 1 aliphatic carbocycles. The zero-order valence-corrected chi connectivity index (χ0v) is 13.8. The van der Waals surface area contributed by atoms with Crippen molar-refractivity contribution >= 4 is 0 Å². The molecular weight excluding hydrogens is 232 g/mol. The third kappa shape index (κ3) is 5.83. The summed E-state index contributed by atoms with van der Waals surface area (Å²) in [6.07, 6.45) is 11.1. The molecule has 0 aromatic rings. The first-order valence-electron chi connectivity index (χ1n) is 8.64. The molecule has 19 heavy (non-hydrogen) atoms. The molecule has 1 N–H and O–H groups in total. The summed E-state index contributed by atoms with van der Waals surface area (Å²) in [4.78, 5) is 2.72. The van der Waals surface area contributed by atoms with Gasteiger partial charge in [-0.15, -0.1) is 0 Å². The van der Waals surface area contributed by atoms with Crippen molar-refractivity contribution in [1.29, 1.82) is 0 Å². The lowest BCUT2D eigenvalue weighted by atomic mass is 9.83. The fourth-order valence-electron chi connectivity index (χ4n) is 3.38. The molecule has 0 heterocycles. The average Bonchev–Trinajstić information content (AvgIpc) is 2.47. The molecule has 2 heteroatoms. The maximum Gasteiger partial charge on any atom is 0.0220 e. The summed E-state index contributed by atoms with van der Waals surface area (Å²) < 4.78 is 0. The van der Waals surface area contributed by atoms with Gasteiger partial charge in [-0.05, 0) is 52.1 Å². The fourth-order valence-corrected chi connectivity index (χ4v) is 3.38. The molecule has 0 aromatic carbocycles. The summed E-state index contributed by atoms with van der Waals surface area (Å²) in [5.74, 6) is 0.909. The Hall–Kier alpha value is -0.0800. The second-order valence-electron chi connectivity index (χ2n) is 6.40. The van der Waals surface area contributed by atoms with E-state index in [0.717, 1.165) is 12.0 Å². The Morgan fingerprint density at radius 1 is 1.16 bits per heavy atom. The van der Waals surface area contributed by atoms with E-state index in [-0.39, 0.29) is 0 Å². The van der Waals surface area contributed by atoms with Crippen molar-refractivity contribution in [3.8, 4) is 0 Å². The van der Waals surface area contributed by atoms with Crippen LogP contribution in [0.1, 0.15) is 72.1 Å². The largest absolute Gasteiger partial charge is 0.315 e. The Labute approximate surface area is 121 Å². The van der Waals surface area contributed by atoms with E-state index < -0.39 is 0 Å². The number of nitrogens with zero attached hydrogens (tertiary/aromatic N) is 1. The van der Waals surface area contributed by atoms with Crippen LogP contribution in [0, 0.1) is 5.92 Å². The van der Waals surface area contributed by atoms with E-state index in [1.54, 1.807) is 0 Å². The van der Waals surface area contributed by atoms with E-state index >= 15 is 0 Å². The number of rotatable bonds is 9. The Bertz CT molecular complexity index is 211. The van der Waals surface area contributed by atoms with E-state index in [0.29, 0.717) is 6.04 Å². The molecule has 1 saturated carbocycles. The van der Waals surface area contributed by atoms with Crippen molar-refractivity contribution in [2.75, 3.05) is 20.1 Å². The minimum Gasteiger partial charge on any atom is -0.315 e. The highest BCUT2D eigenvalue weighted by atomic mass is 15.2. The molecule has 1 fully saturated rings. The smallest absolute Gasteiger partial charge is 0.0220 e. The summed E-state index contributed by atoms with van der Waals surface area (Å²) in [7, 11) is 2.16. The van der Waals surface area contributed by atoms with Gasteiger partial charge >= 0.3 is 0 Å². The summed E-state index contributed by atoms with van der Waals surface area (Å²) in [6, 6.07) is 1.43. The molecular formula is C17H36N2. The van der Waals surface area contributed by atoms with E-state index in [9.17, 15) is 0 Å². The van der Waals surface area contributed by atoms with E-state index in [1.165, 1.54) is 64.5 Å². The molecule has 0 saturated heterocycles. The van der Waals surface area contributed by atoms with E-state index in [1.807, 2.05) is 0 Å². The van der Waals surface area contributed by atoms with Crippen LogP contribution in [0.3, 0.4) is 0 Å². The summed E-state index contributed by atoms with van der Waals surface area (Å²) >= 11 is 0. The van der Waals surface area contributed by atoms with Crippen LogP contribution in [0.5, 0.6) is 0 Å². The van der Waals surface area contributed by atoms with Gasteiger partial charge in [-0.3, -0.25) is 4.90 Å². The molecule has 0 bridgehead atoms. The molecule has 0 radical (unpaired) electrons. The van der Waals surface area contributed by atoms with Gasteiger partial charge in [-0.1, -0.05) is 39.5 Å². The first-order chi connectivity index (χ1) is 9.22. The zero-order valence-electron chi connectivity index (χ0n) is 13.8. The standard InChI is InChI=1S/C17H36N2/c1-5-7-13-19(15(3)6-2)14-17(18-4)16-11-9-8-10-12-16/h15-18H,5-14H2,1-4H3. The van der Waals surface area contributed by atoms with Gasteiger partial charge in [0.25, 0.3) is 0 Å². The average molecular weight is 268 g/mol. The molecule has 2 atom stereocenters. The maximum atomic E-state index is 3.62. The van der Waals surface area contributed by atoms with Gasteiger partial charge in [0.1, 0.15) is 0 Å². The minimum atomic E-state index is 0.700. The predicted octanol–water partition coefficient (Wildman–Crippen LogP) is 4.06. The van der Waals surface area contributed by atoms with Gasteiger partial charge in [0.15, 0.2) is 0 Å². The van der Waals surface area contributed by atoms with Crippen molar-refractivity contribution in [2.45, 2.75) is 84.2 Å². The molecule has 2 unspecified atom stereocenters. The number of hydrogen-bond donors (Lipinski definition) is 1. The Kier molecular flexibility index (Phi) is 8.72. The van der Waals surface area contributed by atoms with E-state index in [2.05, 4.69) is 38.0 Å². The molecule has 0 aliphatic heterocycles. The molecule has 0 aromatic heterocycles. The second kappa shape index (κ2) is 9.77. The number of likely N-dealkylation sites (N-methyl/N-ethyl adjacent to an activating group) is 1. The monoisotopic (exact) mass is 268 g/mol. The van der Waals surface area contributed by atoms with Gasteiger partial charge in [0.2, 0.25) is 0 Å². The number of unbranched alkanes of at least 4 members (excludes halogenated alkanes) is 1. The summed E-state index contributed by atoms with van der Waals surface area (Å²) in [6.45, 7) is 9.53. The van der Waals surface area contributed by atoms with Crippen LogP contribution in [0.25, 0.3) is 0 Å². The van der Waals surface area contributed by atoms with Crippen molar-refractivity contribution < 1.29 is 0 Å². The minimum absolute atomic E-state index is 0.700. The highest BCUT2D eigenvalue weighted by Gasteiger charge is 2.25. The van der Waals surface area contributed by atoms with Crippen molar-refractivity contribution in [2.24, 2.45) is 5.92 Å². The second-order valence-corrected chi connectivity index (χ2v) is 6.40. The van der Waals surface area contributed by atoms with Crippen LogP contribution in [0.15, 0.2) is 0 Å². The van der Waals surface area contributed by atoms with Crippen molar-refractivity contribution in [3.05, 3.63) is 0 Å². The van der Waals surface area contributed by atoms with Gasteiger partial charge in [-0.2, -0.15) is 0 Å². The third-order valence-electron chi connectivity index (χ3n) is 5.03. The Balaban J connectivity index is 2.52. The molecule has 1 rings (SSSR count). The maximum absolute atomic E-state index is 3.62. The van der Waals surface area contributed by atoms with Crippen LogP contribution < -0.4 is 5.32 Å². The van der Waals surface area contributed by atoms with Gasteiger partial charge in [0, 0.05) is 18.6 Å². The van der Waals surface area contributed by atoms with Crippen LogP contribution in [0.2, 0.25) is 0 Å². The quantitative estimate of drug-likeness (QED) is 0.678. The van der Waals surface area contributed by atoms with Crippen molar-refractivity contribution in [1.82, 2.24) is 10.2 Å². The fraction of sp³-hybridized carbons (Fsp3) is 1.00. The first kappa shape index (κ1) is 17.0. The van der Waals surface area contributed by atoms with E-state index in [4.69, 9.17) is 0 Å². The highest BCUT2D eigenvalue weighted by Crippen LogP contribution is 2.27.